The molecule has 0 aliphatic rings. The van der Waals surface area contributed by atoms with Crippen LogP contribution >= 0.6 is 0 Å². The maximum Gasteiger partial charge on any atom is 0.153 e. The zero-order valence-corrected chi connectivity index (χ0v) is 9.86. The smallest absolute Gasteiger partial charge is 0.153 e. The molecule has 2 rings (SSSR count). The van der Waals surface area contributed by atoms with E-state index >= 15 is 0 Å². The summed E-state index contributed by atoms with van der Waals surface area (Å²) in [5.41, 5.74) is 7.20. The van der Waals surface area contributed by atoms with Crippen LogP contribution in [0.1, 0.15) is 26.5 Å². The summed E-state index contributed by atoms with van der Waals surface area (Å²) in [6, 6.07) is 3.86. The number of nitrogens with zero attached hydrogens (tertiary/aromatic N) is 3. The summed E-state index contributed by atoms with van der Waals surface area (Å²) in [4.78, 5) is 4.32. The van der Waals surface area contributed by atoms with Gasteiger partial charge in [0.15, 0.2) is 5.65 Å². The van der Waals surface area contributed by atoms with Gasteiger partial charge >= 0.3 is 0 Å². The molecule has 0 unspecified atom stereocenters. The second-order valence-corrected chi connectivity index (χ2v) is 4.83. The molecule has 0 saturated carbocycles. The topological polar surface area (TPSA) is 68.2 Å². The van der Waals surface area contributed by atoms with Gasteiger partial charge in [-0.3, -0.25) is 0 Å². The zero-order valence-electron chi connectivity index (χ0n) is 9.86. The van der Waals surface area contributed by atoms with Gasteiger partial charge in [-0.25, -0.2) is 9.50 Å². The number of fused-ring (bicyclic) bond motifs is 1. The van der Waals surface area contributed by atoms with Crippen molar-refractivity contribution in [1.29, 1.82) is 0 Å². The van der Waals surface area contributed by atoms with Crippen molar-refractivity contribution in [1.82, 2.24) is 14.6 Å². The van der Waals surface area contributed by atoms with Crippen LogP contribution in [0, 0.1) is 0 Å². The lowest BCUT2D eigenvalue weighted by atomic mass is 10.1. The van der Waals surface area contributed by atoms with E-state index in [1.807, 2.05) is 18.3 Å². The molecule has 0 aliphatic heterocycles. The number of aromatic nitrogens is 3. The summed E-state index contributed by atoms with van der Waals surface area (Å²) in [6.45, 7) is 6.72. The molecule has 0 aromatic carbocycles. The normalized spacial score (nSPS) is 12.0. The molecule has 2 aromatic heterocycles. The third kappa shape index (κ3) is 2.30. The van der Waals surface area contributed by atoms with Crippen LogP contribution in [-0.4, -0.2) is 20.1 Å². The molecular formula is C11H17N5. The maximum absolute atomic E-state index is 5.53. The van der Waals surface area contributed by atoms with E-state index in [0.29, 0.717) is 6.54 Å². The van der Waals surface area contributed by atoms with Crippen LogP contribution in [0.15, 0.2) is 18.3 Å². The van der Waals surface area contributed by atoms with Crippen molar-refractivity contribution in [2.75, 3.05) is 5.32 Å². The van der Waals surface area contributed by atoms with E-state index in [-0.39, 0.29) is 5.54 Å². The van der Waals surface area contributed by atoms with Gasteiger partial charge in [0.1, 0.15) is 5.82 Å². The highest BCUT2D eigenvalue weighted by molar-refractivity contribution is 5.46. The standard InChI is InChI=1S/C11H17N5/c1-11(2,3)14-9-4-5-10-13-8(6-12)7-16(10)15-9/h4-5,7H,6,12H2,1-3H3,(H,14,15). The average molecular weight is 219 g/mol. The van der Waals surface area contributed by atoms with Crippen LogP contribution in [0.3, 0.4) is 0 Å². The van der Waals surface area contributed by atoms with Crippen molar-refractivity contribution in [3.05, 3.63) is 24.0 Å². The molecule has 0 amide bonds. The van der Waals surface area contributed by atoms with Gasteiger partial charge in [0, 0.05) is 12.1 Å². The molecule has 0 bridgehead atoms. The highest BCUT2D eigenvalue weighted by Crippen LogP contribution is 2.12. The first-order valence-corrected chi connectivity index (χ1v) is 5.31. The Hall–Kier alpha value is -1.62. The summed E-state index contributed by atoms with van der Waals surface area (Å²) in [7, 11) is 0. The van der Waals surface area contributed by atoms with Gasteiger partial charge in [-0.1, -0.05) is 0 Å². The number of hydrogen-bond donors (Lipinski definition) is 2. The zero-order chi connectivity index (χ0) is 11.8. The van der Waals surface area contributed by atoms with Crippen LogP contribution in [0.4, 0.5) is 5.82 Å². The Balaban J connectivity index is 2.36. The van der Waals surface area contributed by atoms with Crippen LogP contribution in [-0.2, 0) is 6.54 Å². The highest BCUT2D eigenvalue weighted by atomic mass is 15.3. The Labute approximate surface area is 94.7 Å². The minimum absolute atomic E-state index is 0.00203. The second kappa shape index (κ2) is 3.75. The first-order valence-electron chi connectivity index (χ1n) is 5.31. The molecule has 0 radical (unpaired) electrons. The van der Waals surface area contributed by atoms with E-state index in [9.17, 15) is 0 Å². The fraction of sp³-hybridized carbons (Fsp3) is 0.455. The van der Waals surface area contributed by atoms with Crippen molar-refractivity contribution in [2.45, 2.75) is 32.9 Å². The molecule has 0 fully saturated rings. The number of nitrogens with one attached hydrogen (secondary N) is 1. The summed E-state index contributed by atoms with van der Waals surface area (Å²) in [5, 5.41) is 7.73. The van der Waals surface area contributed by atoms with E-state index in [1.165, 1.54) is 0 Å². The van der Waals surface area contributed by atoms with E-state index in [2.05, 4.69) is 36.2 Å². The van der Waals surface area contributed by atoms with Crippen molar-refractivity contribution in [2.24, 2.45) is 5.73 Å². The SMILES string of the molecule is CC(C)(C)Nc1ccc2nc(CN)cn2n1. The van der Waals surface area contributed by atoms with Crippen LogP contribution in [0.5, 0.6) is 0 Å². The number of rotatable bonds is 2. The van der Waals surface area contributed by atoms with Crippen LogP contribution in [0.2, 0.25) is 0 Å². The van der Waals surface area contributed by atoms with Gasteiger partial charge in [-0.15, -0.1) is 5.10 Å². The van der Waals surface area contributed by atoms with Gasteiger partial charge in [-0.05, 0) is 32.9 Å². The molecule has 16 heavy (non-hydrogen) atoms. The summed E-state index contributed by atoms with van der Waals surface area (Å²) < 4.78 is 1.75. The summed E-state index contributed by atoms with van der Waals surface area (Å²) in [6.07, 6.45) is 1.85. The second-order valence-electron chi connectivity index (χ2n) is 4.83. The minimum atomic E-state index is -0.00203. The summed E-state index contributed by atoms with van der Waals surface area (Å²) in [5.74, 6) is 0.834. The van der Waals surface area contributed by atoms with Crippen LogP contribution < -0.4 is 11.1 Å². The molecular weight excluding hydrogens is 202 g/mol. The quantitative estimate of drug-likeness (QED) is 0.801. The van der Waals surface area contributed by atoms with E-state index in [0.717, 1.165) is 17.2 Å². The van der Waals surface area contributed by atoms with Crippen molar-refractivity contribution in [3.63, 3.8) is 0 Å². The molecule has 0 saturated heterocycles. The molecule has 0 aliphatic carbocycles. The van der Waals surface area contributed by atoms with E-state index < -0.39 is 0 Å². The third-order valence-corrected chi connectivity index (χ3v) is 2.08. The molecule has 5 heteroatoms. The van der Waals surface area contributed by atoms with Gasteiger partial charge in [0.25, 0.3) is 0 Å². The van der Waals surface area contributed by atoms with E-state index in [1.54, 1.807) is 4.52 Å². The van der Waals surface area contributed by atoms with Gasteiger partial charge < -0.3 is 11.1 Å². The Morgan fingerprint density at radius 2 is 2.12 bits per heavy atom. The predicted octanol–water partition coefficient (Wildman–Crippen LogP) is 1.40. The molecule has 86 valence electrons. The first-order chi connectivity index (χ1) is 7.48. The Bertz CT molecular complexity index is 495. The van der Waals surface area contributed by atoms with E-state index in [4.69, 9.17) is 5.73 Å². The van der Waals surface area contributed by atoms with Gasteiger partial charge in [0.05, 0.1) is 11.9 Å². The lowest BCUT2D eigenvalue weighted by Gasteiger charge is -2.20. The lowest BCUT2D eigenvalue weighted by Crippen LogP contribution is -2.26. The van der Waals surface area contributed by atoms with Gasteiger partial charge in [0.2, 0.25) is 0 Å². The predicted molar refractivity (Wildman–Crippen MR) is 64.3 cm³/mol. The average Bonchev–Trinajstić information content (AvgIpc) is 2.57. The Morgan fingerprint density at radius 1 is 1.38 bits per heavy atom. The van der Waals surface area contributed by atoms with Gasteiger partial charge in [-0.2, -0.15) is 0 Å². The molecule has 5 nitrogen and oxygen atoms in total. The largest absolute Gasteiger partial charge is 0.364 e. The monoisotopic (exact) mass is 219 g/mol. The lowest BCUT2D eigenvalue weighted by molar-refractivity contribution is 0.627. The summed E-state index contributed by atoms with van der Waals surface area (Å²) >= 11 is 0. The number of hydrogen-bond acceptors (Lipinski definition) is 4. The Morgan fingerprint density at radius 3 is 2.75 bits per heavy atom. The molecule has 0 atom stereocenters. The highest BCUT2D eigenvalue weighted by Gasteiger charge is 2.10. The fourth-order valence-corrected chi connectivity index (χ4v) is 1.48. The van der Waals surface area contributed by atoms with Crippen molar-refractivity contribution in [3.8, 4) is 0 Å². The van der Waals surface area contributed by atoms with Crippen molar-refractivity contribution >= 4 is 11.5 Å². The first kappa shape index (κ1) is 10.9. The molecule has 2 heterocycles. The third-order valence-electron chi connectivity index (χ3n) is 2.08. The fourth-order valence-electron chi connectivity index (χ4n) is 1.48. The number of imidazole rings is 1. The molecule has 0 spiro atoms. The Kier molecular flexibility index (Phi) is 2.55. The number of nitrogens with two attached hydrogens (primary N) is 1. The van der Waals surface area contributed by atoms with Crippen LogP contribution in [0.25, 0.3) is 5.65 Å². The molecule has 3 N–H and O–H groups in total. The molecule has 2 aromatic rings. The minimum Gasteiger partial charge on any atom is -0.364 e. The maximum atomic E-state index is 5.53. The van der Waals surface area contributed by atoms with Crippen molar-refractivity contribution < 1.29 is 0 Å². The number of anilines is 1.